The van der Waals surface area contributed by atoms with Crippen molar-refractivity contribution in [1.29, 1.82) is 0 Å². The summed E-state index contributed by atoms with van der Waals surface area (Å²) in [4.78, 5) is 4.86. The van der Waals surface area contributed by atoms with Crippen molar-refractivity contribution in [1.82, 2.24) is 4.98 Å². The molecule has 0 unspecified atom stereocenters. The number of anilines is 1. The Morgan fingerprint density at radius 1 is 0.727 bits per heavy atom. The van der Waals surface area contributed by atoms with Gasteiger partial charge in [0.25, 0.3) is 0 Å². The number of benzene rings is 3. The van der Waals surface area contributed by atoms with Crippen molar-refractivity contribution < 1.29 is 0 Å². The second-order valence-corrected chi connectivity index (χ2v) is 6.16. The molecule has 1 heterocycles. The Morgan fingerprint density at radius 3 is 2.27 bits per heavy atom. The second-order valence-electron chi connectivity index (χ2n) is 5.12. The molecule has 22 heavy (non-hydrogen) atoms. The molecule has 3 aromatic carbocycles. The summed E-state index contributed by atoms with van der Waals surface area (Å²) in [7, 11) is 0. The third-order valence-corrected chi connectivity index (χ3v) is 4.75. The molecular formula is C19H14N2S. The maximum absolute atomic E-state index is 6.09. The molecule has 0 amide bonds. The molecule has 0 radical (unpaired) electrons. The van der Waals surface area contributed by atoms with Crippen LogP contribution in [0.1, 0.15) is 0 Å². The molecule has 0 aliphatic rings. The number of nitrogens with zero attached hydrogens (tertiary/aromatic N) is 1. The van der Waals surface area contributed by atoms with Gasteiger partial charge < -0.3 is 5.73 Å². The Bertz CT molecular complexity index is 942. The van der Waals surface area contributed by atoms with Crippen LogP contribution in [-0.2, 0) is 0 Å². The van der Waals surface area contributed by atoms with E-state index in [0.717, 1.165) is 27.3 Å². The zero-order chi connectivity index (χ0) is 14.9. The van der Waals surface area contributed by atoms with Gasteiger partial charge in [-0.05, 0) is 23.8 Å². The first-order valence-corrected chi connectivity index (χ1v) is 7.94. The first-order valence-electron chi connectivity index (χ1n) is 7.13. The lowest BCUT2D eigenvalue weighted by atomic mass is 10.0. The third kappa shape index (κ3) is 2.16. The second kappa shape index (κ2) is 5.28. The number of hydrogen-bond acceptors (Lipinski definition) is 3. The summed E-state index contributed by atoms with van der Waals surface area (Å²) in [5.74, 6) is 0. The highest BCUT2D eigenvalue weighted by Gasteiger charge is 2.12. The highest BCUT2D eigenvalue weighted by atomic mass is 32.1. The Morgan fingerprint density at radius 2 is 1.45 bits per heavy atom. The van der Waals surface area contributed by atoms with Crippen LogP contribution in [-0.4, -0.2) is 4.98 Å². The quantitative estimate of drug-likeness (QED) is 0.516. The Hall–Kier alpha value is -2.65. The van der Waals surface area contributed by atoms with Crippen molar-refractivity contribution in [2.45, 2.75) is 0 Å². The zero-order valence-electron chi connectivity index (χ0n) is 11.9. The van der Waals surface area contributed by atoms with Crippen LogP contribution >= 0.6 is 11.3 Å². The van der Waals surface area contributed by atoms with Crippen LogP contribution in [0.3, 0.4) is 0 Å². The summed E-state index contributed by atoms with van der Waals surface area (Å²) < 4.78 is 1.18. The highest BCUT2D eigenvalue weighted by molar-refractivity contribution is 7.21. The number of hydrogen-bond donors (Lipinski definition) is 1. The Balaban J connectivity index is 1.94. The van der Waals surface area contributed by atoms with E-state index in [4.69, 9.17) is 10.7 Å². The molecule has 1 aromatic heterocycles. The molecule has 0 saturated carbocycles. The van der Waals surface area contributed by atoms with E-state index in [2.05, 4.69) is 42.5 Å². The van der Waals surface area contributed by atoms with Gasteiger partial charge >= 0.3 is 0 Å². The van der Waals surface area contributed by atoms with Crippen molar-refractivity contribution in [3.8, 4) is 21.7 Å². The largest absolute Gasteiger partial charge is 0.398 e. The number of aromatic nitrogens is 1. The molecule has 0 spiro atoms. The fourth-order valence-corrected chi connectivity index (χ4v) is 3.65. The van der Waals surface area contributed by atoms with E-state index in [-0.39, 0.29) is 0 Å². The lowest BCUT2D eigenvalue weighted by molar-refractivity contribution is 1.47. The van der Waals surface area contributed by atoms with Crippen LogP contribution < -0.4 is 5.73 Å². The van der Waals surface area contributed by atoms with Crippen molar-refractivity contribution in [3.63, 3.8) is 0 Å². The van der Waals surface area contributed by atoms with E-state index in [9.17, 15) is 0 Å². The van der Waals surface area contributed by atoms with Gasteiger partial charge in [-0.15, -0.1) is 11.3 Å². The van der Waals surface area contributed by atoms with E-state index in [0.29, 0.717) is 0 Å². The number of nitrogen functional groups attached to an aromatic ring is 1. The molecule has 106 valence electrons. The summed E-state index contributed by atoms with van der Waals surface area (Å²) in [6.07, 6.45) is 0. The Kier molecular flexibility index (Phi) is 3.13. The standard InChI is InChI=1S/C19H14N2S/c20-16-11-5-4-9-15(16)19-21-18-14(10-6-12-17(18)22-19)13-7-2-1-3-8-13/h1-12H,20H2. The monoisotopic (exact) mass is 302 g/mol. The highest BCUT2D eigenvalue weighted by Crippen LogP contribution is 2.37. The molecule has 2 N–H and O–H groups in total. The van der Waals surface area contributed by atoms with Gasteiger partial charge in [0.2, 0.25) is 0 Å². The van der Waals surface area contributed by atoms with Crippen molar-refractivity contribution in [2.24, 2.45) is 0 Å². The summed E-state index contributed by atoms with van der Waals surface area (Å²) in [6, 6.07) is 24.6. The number of rotatable bonds is 2. The van der Waals surface area contributed by atoms with Gasteiger partial charge in [-0.3, -0.25) is 0 Å². The summed E-state index contributed by atoms with van der Waals surface area (Å²) in [6.45, 7) is 0. The molecule has 0 atom stereocenters. The minimum Gasteiger partial charge on any atom is -0.398 e. The van der Waals surface area contributed by atoms with Crippen LogP contribution in [0.15, 0.2) is 72.8 Å². The van der Waals surface area contributed by atoms with E-state index in [1.807, 2.05) is 30.3 Å². The van der Waals surface area contributed by atoms with Gasteiger partial charge in [0.05, 0.1) is 10.2 Å². The van der Waals surface area contributed by atoms with Gasteiger partial charge in [0, 0.05) is 16.8 Å². The van der Waals surface area contributed by atoms with Gasteiger partial charge in [-0.1, -0.05) is 54.6 Å². The zero-order valence-corrected chi connectivity index (χ0v) is 12.7. The fraction of sp³-hybridized carbons (Fsp3) is 0. The summed E-state index contributed by atoms with van der Waals surface area (Å²) in [5.41, 5.74) is 11.2. The molecule has 2 nitrogen and oxygen atoms in total. The third-order valence-electron chi connectivity index (χ3n) is 3.69. The maximum Gasteiger partial charge on any atom is 0.126 e. The van der Waals surface area contributed by atoms with Crippen molar-refractivity contribution >= 4 is 27.2 Å². The van der Waals surface area contributed by atoms with Gasteiger partial charge in [0.1, 0.15) is 5.01 Å². The lowest BCUT2D eigenvalue weighted by Crippen LogP contribution is -1.88. The van der Waals surface area contributed by atoms with Crippen molar-refractivity contribution in [2.75, 3.05) is 5.73 Å². The lowest BCUT2D eigenvalue weighted by Gasteiger charge is -2.02. The molecule has 0 saturated heterocycles. The van der Waals surface area contributed by atoms with Crippen molar-refractivity contribution in [3.05, 3.63) is 72.8 Å². The van der Waals surface area contributed by atoms with Gasteiger partial charge in [-0.2, -0.15) is 0 Å². The molecule has 4 rings (SSSR count). The van der Waals surface area contributed by atoms with Gasteiger partial charge in [0.15, 0.2) is 0 Å². The molecule has 3 heteroatoms. The molecule has 0 fully saturated rings. The average Bonchev–Trinajstić information content (AvgIpc) is 3.00. The molecule has 4 aromatic rings. The number of nitrogens with two attached hydrogens (primary N) is 1. The predicted molar refractivity (Wildman–Crippen MR) is 94.9 cm³/mol. The van der Waals surface area contributed by atoms with E-state index < -0.39 is 0 Å². The van der Waals surface area contributed by atoms with E-state index >= 15 is 0 Å². The normalized spacial score (nSPS) is 10.9. The van der Waals surface area contributed by atoms with Crippen LogP contribution in [0.4, 0.5) is 5.69 Å². The fourth-order valence-electron chi connectivity index (χ4n) is 2.61. The average molecular weight is 302 g/mol. The summed E-state index contributed by atoms with van der Waals surface area (Å²) in [5, 5.41) is 0.969. The molecular weight excluding hydrogens is 288 g/mol. The topological polar surface area (TPSA) is 38.9 Å². The maximum atomic E-state index is 6.09. The van der Waals surface area contributed by atoms with Gasteiger partial charge in [-0.25, -0.2) is 4.98 Å². The van der Waals surface area contributed by atoms with Crippen LogP contribution in [0.25, 0.3) is 31.9 Å². The molecule has 0 aliphatic heterocycles. The summed E-state index contributed by atoms with van der Waals surface area (Å²) >= 11 is 1.68. The van der Waals surface area contributed by atoms with Crippen LogP contribution in [0, 0.1) is 0 Å². The van der Waals surface area contributed by atoms with Crippen LogP contribution in [0.2, 0.25) is 0 Å². The predicted octanol–water partition coefficient (Wildman–Crippen LogP) is 5.21. The van der Waals surface area contributed by atoms with E-state index in [1.54, 1.807) is 11.3 Å². The first-order chi connectivity index (χ1) is 10.8. The number of fused-ring (bicyclic) bond motifs is 1. The molecule has 0 bridgehead atoms. The smallest absolute Gasteiger partial charge is 0.126 e. The van der Waals surface area contributed by atoms with E-state index in [1.165, 1.54) is 10.3 Å². The number of thiazole rings is 1. The minimum atomic E-state index is 0.766. The SMILES string of the molecule is Nc1ccccc1-c1nc2c(-c3ccccc3)cccc2s1. The van der Waals surface area contributed by atoms with Crippen LogP contribution in [0.5, 0.6) is 0 Å². The Labute approximate surface area is 132 Å². The first kappa shape index (κ1) is 13.0. The minimum absolute atomic E-state index is 0.766. The molecule has 0 aliphatic carbocycles. The number of para-hydroxylation sites is 2.